The van der Waals surface area contributed by atoms with Crippen LogP contribution in [0.25, 0.3) is 0 Å². The Hall–Kier alpha value is -2.36. The molecule has 0 bridgehead atoms. The smallest absolute Gasteiger partial charge is 0.224 e. The minimum atomic E-state index is 0.0715. The molecule has 0 saturated heterocycles. The van der Waals surface area contributed by atoms with E-state index < -0.39 is 0 Å². The molecule has 1 heterocycles. The van der Waals surface area contributed by atoms with Crippen LogP contribution in [0.3, 0.4) is 0 Å². The summed E-state index contributed by atoms with van der Waals surface area (Å²) in [4.78, 5) is 15.9. The van der Waals surface area contributed by atoms with Gasteiger partial charge >= 0.3 is 0 Å². The lowest BCUT2D eigenvalue weighted by Crippen LogP contribution is -2.24. The van der Waals surface area contributed by atoms with E-state index in [4.69, 9.17) is 0 Å². The third kappa shape index (κ3) is 2.79. The Balaban J connectivity index is 1.54. The minimum Gasteiger partial charge on any atom is -0.506 e. The van der Waals surface area contributed by atoms with Crippen LogP contribution in [-0.2, 0) is 11.3 Å². The predicted octanol–water partition coefficient (Wildman–Crippen LogP) is 2.21. The van der Waals surface area contributed by atoms with Crippen LogP contribution in [0.1, 0.15) is 23.5 Å². The first-order valence-corrected chi connectivity index (χ1v) is 6.69. The van der Waals surface area contributed by atoms with Crippen LogP contribution in [0.4, 0.5) is 0 Å². The first-order chi connectivity index (χ1) is 9.74. The van der Waals surface area contributed by atoms with Gasteiger partial charge in [-0.05, 0) is 29.5 Å². The molecule has 1 amide bonds. The summed E-state index contributed by atoms with van der Waals surface area (Å²) in [5.41, 5.74) is 2.03. The van der Waals surface area contributed by atoms with E-state index in [2.05, 4.69) is 22.4 Å². The molecule has 0 spiro atoms. The molecule has 2 aromatic rings. The molecule has 20 heavy (non-hydrogen) atoms. The van der Waals surface area contributed by atoms with E-state index >= 15 is 0 Å². The molecule has 0 radical (unpaired) electrons. The van der Waals surface area contributed by atoms with Crippen molar-refractivity contribution >= 4 is 5.91 Å². The third-order valence-corrected chi connectivity index (χ3v) is 3.60. The molecular formula is C16H16N2O2. The van der Waals surface area contributed by atoms with Gasteiger partial charge in [-0.3, -0.25) is 9.78 Å². The lowest BCUT2D eigenvalue weighted by Gasteiger charge is -2.05. The molecule has 3 rings (SSSR count). The number of benzene rings is 1. The number of amides is 1. The summed E-state index contributed by atoms with van der Waals surface area (Å²) in [5.74, 6) is 0.605. The van der Waals surface area contributed by atoms with Gasteiger partial charge in [0, 0.05) is 18.7 Å². The quantitative estimate of drug-likeness (QED) is 0.893. The average Bonchev–Trinajstić information content (AvgIpc) is 3.26. The van der Waals surface area contributed by atoms with Crippen molar-refractivity contribution in [2.45, 2.75) is 18.9 Å². The van der Waals surface area contributed by atoms with E-state index in [1.54, 1.807) is 12.3 Å². The number of pyridine rings is 1. The van der Waals surface area contributed by atoms with Crippen molar-refractivity contribution in [3.05, 3.63) is 59.9 Å². The van der Waals surface area contributed by atoms with Gasteiger partial charge in [-0.15, -0.1) is 0 Å². The fraction of sp³-hybridized carbons (Fsp3) is 0.250. The van der Waals surface area contributed by atoms with Gasteiger partial charge in [-0.25, -0.2) is 0 Å². The SMILES string of the molecule is O=C(NCc1cncc(O)c1)[C@H]1C[C@@H]1c1ccccc1. The number of rotatable bonds is 4. The fourth-order valence-electron chi connectivity index (χ4n) is 2.44. The number of hydrogen-bond donors (Lipinski definition) is 2. The van der Waals surface area contributed by atoms with Gasteiger partial charge in [-0.2, -0.15) is 0 Å². The van der Waals surface area contributed by atoms with Gasteiger partial charge in [0.25, 0.3) is 0 Å². The summed E-state index contributed by atoms with van der Waals surface area (Å²) >= 11 is 0. The monoisotopic (exact) mass is 268 g/mol. The molecule has 1 fully saturated rings. The van der Waals surface area contributed by atoms with Gasteiger partial charge in [-0.1, -0.05) is 30.3 Å². The van der Waals surface area contributed by atoms with Gasteiger partial charge in [0.2, 0.25) is 5.91 Å². The van der Waals surface area contributed by atoms with Crippen LogP contribution in [-0.4, -0.2) is 16.0 Å². The molecule has 1 aliphatic carbocycles. The molecule has 1 aliphatic rings. The van der Waals surface area contributed by atoms with Crippen LogP contribution < -0.4 is 5.32 Å². The average molecular weight is 268 g/mol. The number of nitrogens with zero attached hydrogens (tertiary/aromatic N) is 1. The number of hydrogen-bond acceptors (Lipinski definition) is 3. The van der Waals surface area contributed by atoms with Crippen molar-refractivity contribution < 1.29 is 9.90 Å². The fourth-order valence-corrected chi connectivity index (χ4v) is 2.44. The zero-order valence-corrected chi connectivity index (χ0v) is 11.0. The Labute approximate surface area is 117 Å². The number of nitrogens with one attached hydrogen (secondary N) is 1. The molecule has 2 atom stereocenters. The molecule has 0 aliphatic heterocycles. The molecule has 1 aromatic carbocycles. The second kappa shape index (κ2) is 5.33. The molecule has 0 unspecified atom stereocenters. The summed E-state index contributed by atoms with van der Waals surface area (Å²) in [5, 5.41) is 12.2. The maximum absolute atomic E-state index is 12.1. The van der Waals surface area contributed by atoms with Gasteiger partial charge in [0.05, 0.1) is 6.20 Å². The molecule has 102 valence electrons. The normalized spacial score (nSPS) is 20.4. The highest BCUT2D eigenvalue weighted by atomic mass is 16.3. The Morgan fingerprint density at radius 1 is 1.30 bits per heavy atom. The highest BCUT2D eigenvalue weighted by molar-refractivity contribution is 5.82. The van der Waals surface area contributed by atoms with Crippen molar-refractivity contribution in [2.24, 2.45) is 5.92 Å². The second-order valence-corrected chi connectivity index (χ2v) is 5.13. The molecule has 1 saturated carbocycles. The largest absolute Gasteiger partial charge is 0.506 e. The Bertz CT molecular complexity index is 613. The lowest BCUT2D eigenvalue weighted by molar-refractivity contribution is -0.122. The Morgan fingerprint density at radius 3 is 2.85 bits per heavy atom. The van der Waals surface area contributed by atoms with E-state index in [0.29, 0.717) is 12.5 Å². The summed E-state index contributed by atoms with van der Waals surface area (Å²) in [6.45, 7) is 0.401. The zero-order valence-electron chi connectivity index (χ0n) is 11.0. The predicted molar refractivity (Wildman–Crippen MR) is 75.0 cm³/mol. The standard InChI is InChI=1S/C16H16N2O2/c19-13-6-11(8-17-10-13)9-18-16(20)15-7-14(15)12-4-2-1-3-5-12/h1-6,8,10,14-15,19H,7,9H2,(H,18,20)/t14-,15+/m1/s1. The van der Waals surface area contributed by atoms with Crippen LogP contribution >= 0.6 is 0 Å². The van der Waals surface area contributed by atoms with Gasteiger partial charge in [0.1, 0.15) is 5.75 Å². The highest BCUT2D eigenvalue weighted by Crippen LogP contribution is 2.47. The summed E-state index contributed by atoms with van der Waals surface area (Å²) in [7, 11) is 0. The van der Waals surface area contributed by atoms with E-state index in [9.17, 15) is 9.90 Å². The zero-order chi connectivity index (χ0) is 13.9. The minimum absolute atomic E-state index is 0.0715. The maximum Gasteiger partial charge on any atom is 0.224 e. The van der Waals surface area contributed by atoms with E-state index in [1.807, 2.05) is 18.2 Å². The van der Waals surface area contributed by atoms with Crippen LogP contribution in [0, 0.1) is 5.92 Å². The second-order valence-electron chi connectivity index (χ2n) is 5.13. The number of carbonyl (C=O) groups is 1. The van der Waals surface area contributed by atoms with E-state index in [0.717, 1.165) is 12.0 Å². The molecule has 4 nitrogen and oxygen atoms in total. The maximum atomic E-state index is 12.1. The van der Waals surface area contributed by atoms with Crippen LogP contribution in [0.5, 0.6) is 5.75 Å². The van der Waals surface area contributed by atoms with E-state index in [1.165, 1.54) is 11.8 Å². The summed E-state index contributed by atoms with van der Waals surface area (Å²) in [6.07, 6.45) is 3.92. The molecule has 4 heteroatoms. The molecule has 1 aromatic heterocycles. The molecule has 2 N–H and O–H groups in total. The number of aromatic nitrogens is 1. The van der Waals surface area contributed by atoms with Crippen molar-refractivity contribution in [1.82, 2.24) is 10.3 Å². The van der Waals surface area contributed by atoms with Crippen molar-refractivity contribution in [1.29, 1.82) is 0 Å². The number of aromatic hydroxyl groups is 1. The highest BCUT2D eigenvalue weighted by Gasteiger charge is 2.43. The first-order valence-electron chi connectivity index (χ1n) is 6.69. The third-order valence-electron chi connectivity index (χ3n) is 3.60. The van der Waals surface area contributed by atoms with Crippen molar-refractivity contribution in [3.8, 4) is 5.75 Å². The molecular weight excluding hydrogens is 252 g/mol. The van der Waals surface area contributed by atoms with Gasteiger partial charge < -0.3 is 10.4 Å². The van der Waals surface area contributed by atoms with Crippen molar-refractivity contribution in [2.75, 3.05) is 0 Å². The topological polar surface area (TPSA) is 62.2 Å². The van der Waals surface area contributed by atoms with E-state index in [-0.39, 0.29) is 17.6 Å². The number of carbonyl (C=O) groups excluding carboxylic acids is 1. The lowest BCUT2D eigenvalue weighted by atomic mass is 10.1. The summed E-state index contributed by atoms with van der Waals surface area (Å²) in [6, 6.07) is 11.7. The van der Waals surface area contributed by atoms with Crippen LogP contribution in [0.2, 0.25) is 0 Å². The Morgan fingerprint density at radius 2 is 2.10 bits per heavy atom. The van der Waals surface area contributed by atoms with Crippen molar-refractivity contribution in [3.63, 3.8) is 0 Å². The first kappa shape index (κ1) is 12.7. The Kier molecular flexibility index (Phi) is 3.37. The van der Waals surface area contributed by atoms with Gasteiger partial charge in [0.15, 0.2) is 0 Å². The summed E-state index contributed by atoms with van der Waals surface area (Å²) < 4.78 is 0. The van der Waals surface area contributed by atoms with Crippen LogP contribution in [0.15, 0.2) is 48.8 Å².